The van der Waals surface area contributed by atoms with E-state index in [9.17, 15) is 4.79 Å². The Morgan fingerprint density at radius 1 is 0.900 bits per heavy atom. The van der Waals surface area contributed by atoms with Gasteiger partial charge in [0, 0.05) is 37.3 Å². The molecule has 1 saturated heterocycles. The summed E-state index contributed by atoms with van der Waals surface area (Å²) in [6.07, 6.45) is 0. The fourth-order valence-corrected chi connectivity index (χ4v) is 3.89. The van der Waals surface area contributed by atoms with E-state index in [0.717, 1.165) is 17.1 Å². The maximum atomic E-state index is 12.8. The molecule has 1 fully saturated rings. The molecule has 7 nitrogen and oxygen atoms in total. The number of rotatable bonds is 3. The van der Waals surface area contributed by atoms with Crippen molar-refractivity contribution in [1.82, 2.24) is 15.1 Å². The molecule has 0 bridgehead atoms. The van der Waals surface area contributed by atoms with Gasteiger partial charge in [-0.05, 0) is 36.4 Å². The highest BCUT2D eigenvalue weighted by Gasteiger charge is 2.25. The molecule has 8 heteroatoms. The molecule has 0 aliphatic carbocycles. The van der Waals surface area contributed by atoms with Crippen molar-refractivity contribution >= 4 is 23.3 Å². The number of hydrogen-bond acceptors (Lipinski definition) is 6. The van der Waals surface area contributed by atoms with Gasteiger partial charge < -0.3 is 19.3 Å². The summed E-state index contributed by atoms with van der Waals surface area (Å²) in [7, 11) is 0. The summed E-state index contributed by atoms with van der Waals surface area (Å²) in [4.78, 5) is 16.8. The second kappa shape index (κ2) is 7.84. The van der Waals surface area contributed by atoms with Crippen molar-refractivity contribution in [3.05, 3.63) is 65.2 Å². The molecule has 1 amide bonds. The first-order valence-electron chi connectivity index (χ1n) is 9.71. The van der Waals surface area contributed by atoms with Crippen LogP contribution in [0.1, 0.15) is 10.4 Å². The zero-order valence-electron chi connectivity index (χ0n) is 16.1. The summed E-state index contributed by atoms with van der Waals surface area (Å²) in [5, 5.41) is 9.36. The van der Waals surface area contributed by atoms with Crippen LogP contribution in [0.5, 0.6) is 11.5 Å². The molecule has 0 unspecified atom stereocenters. The Morgan fingerprint density at radius 3 is 2.47 bits per heavy atom. The zero-order chi connectivity index (χ0) is 20.5. The van der Waals surface area contributed by atoms with Crippen LogP contribution in [0.4, 0.5) is 5.82 Å². The second-order valence-electron chi connectivity index (χ2n) is 7.10. The fraction of sp³-hybridized carbons (Fsp3) is 0.227. The zero-order valence-corrected chi connectivity index (χ0v) is 16.9. The van der Waals surface area contributed by atoms with Gasteiger partial charge in [0.05, 0.1) is 10.7 Å². The van der Waals surface area contributed by atoms with E-state index in [4.69, 9.17) is 21.1 Å². The lowest BCUT2D eigenvalue weighted by atomic mass is 10.1. The Bertz CT molecular complexity index is 1080. The topological polar surface area (TPSA) is 67.8 Å². The smallest absolute Gasteiger partial charge is 0.254 e. The third-order valence-corrected chi connectivity index (χ3v) is 5.64. The molecular formula is C22H19ClN4O3. The number of halogens is 1. The predicted octanol–water partition coefficient (Wildman–Crippen LogP) is 3.49. The number of aromatic nitrogens is 2. The maximum Gasteiger partial charge on any atom is 0.254 e. The largest absolute Gasteiger partial charge is 0.454 e. The second-order valence-corrected chi connectivity index (χ2v) is 7.51. The van der Waals surface area contributed by atoms with Gasteiger partial charge in [0.15, 0.2) is 17.3 Å². The van der Waals surface area contributed by atoms with Gasteiger partial charge in [-0.1, -0.05) is 29.8 Å². The van der Waals surface area contributed by atoms with Crippen LogP contribution in [0.3, 0.4) is 0 Å². The van der Waals surface area contributed by atoms with E-state index < -0.39 is 0 Å². The molecular weight excluding hydrogens is 404 g/mol. The van der Waals surface area contributed by atoms with Crippen molar-refractivity contribution in [1.29, 1.82) is 0 Å². The van der Waals surface area contributed by atoms with Crippen LogP contribution in [0.25, 0.3) is 11.3 Å². The summed E-state index contributed by atoms with van der Waals surface area (Å²) < 4.78 is 10.7. The van der Waals surface area contributed by atoms with Crippen molar-refractivity contribution in [2.24, 2.45) is 0 Å². The highest BCUT2D eigenvalue weighted by molar-refractivity contribution is 6.33. The minimum absolute atomic E-state index is 0.00639. The van der Waals surface area contributed by atoms with Crippen LogP contribution in [-0.2, 0) is 0 Å². The standard InChI is InChI=1S/C22H19ClN4O3/c23-17-4-2-1-3-16(17)18-6-8-21(25-24-18)26-9-11-27(12-10-26)22(28)15-5-7-19-20(13-15)30-14-29-19/h1-8,13H,9-12,14H2. The first kappa shape index (κ1) is 18.7. The fourth-order valence-electron chi connectivity index (χ4n) is 3.66. The molecule has 0 N–H and O–H groups in total. The summed E-state index contributed by atoms with van der Waals surface area (Å²) in [5.41, 5.74) is 2.20. The van der Waals surface area contributed by atoms with Gasteiger partial charge >= 0.3 is 0 Å². The number of benzene rings is 2. The SMILES string of the molecule is O=C(c1ccc2c(c1)OCO2)N1CCN(c2ccc(-c3ccccc3Cl)nn2)CC1. The first-order valence-corrected chi connectivity index (χ1v) is 10.1. The maximum absolute atomic E-state index is 12.8. The number of anilines is 1. The van der Waals surface area contributed by atoms with Crippen LogP contribution in [0, 0.1) is 0 Å². The van der Waals surface area contributed by atoms with E-state index in [0.29, 0.717) is 48.3 Å². The van der Waals surface area contributed by atoms with Gasteiger partial charge in [-0.3, -0.25) is 4.79 Å². The van der Waals surface area contributed by atoms with Crippen LogP contribution >= 0.6 is 11.6 Å². The first-order chi connectivity index (χ1) is 14.7. The normalized spacial score (nSPS) is 15.4. The number of carbonyl (C=O) groups is 1. The molecule has 2 aromatic carbocycles. The van der Waals surface area contributed by atoms with E-state index in [-0.39, 0.29) is 12.7 Å². The van der Waals surface area contributed by atoms with Gasteiger partial charge in [-0.2, -0.15) is 0 Å². The molecule has 0 atom stereocenters. The molecule has 2 aliphatic heterocycles. The monoisotopic (exact) mass is 422 g/mol. The number of piperazine rings is 1. The molecule has 1 aromatic heterocycles. The van der Waals surface area contributed by atoms with Gasteiger partial charge in [-0.15, -0.1) is 10.2 Å². The van der Waals surface area contributed by atoms with Crippen LogP contribution in [0.15, 0.2) is 54.6 Å². The van der Waals surface area contributed by atoms with Crippen LogP contribution < -0.4 is 14.4 Å². The highest BCUT2D eigenvalue weighted by Crippen LogP contribution is 2.33. The lowest BCUT2D eigenvalue weighted by Gasteiger charge is -2.35. The lowest BCUT2D eigenvalue weighted by molar-refractivity contribution is 0.0746. The Hall–Kier alpha value is -3.32. The lowest BCUT2D eigenvalue weighted by Crippen LogP contribution is -2.49. The molecule has 0 spiro atoms. The molecule has 152 valence electrons. The number of ether oxygens (including phenoxy) is 2. The van der Waals surface area contributed by atoms with Crippen molar-refractivity contribution in [3.8, 4) is 22.8 Å². The molecule has 5 rings (SSSR count). The minimum atomic E-state index is -0.00639. The van der Waals surface area contributed by atoms with E-state index in [1.54, 1.807) is 18.2 Å². The average molecular weight is 423 g/mol. The van der Waals surface area contributed by atoms with Gasteiger partial charge in [0.2, 0.25) is 6.79 Å². The number of fused-ring (bicyclic) bond motifs is 1. The van der Waals surface area contributed by atoms with E-state index in [1.165, 1.54) is 0 Å². The van der Waals surface area contributed by atoms with Crippen molar-refractivity contribution in [2.75, 3.05) is 37.9 Å². The minimum Gasteiger partial charge on any atom is -0.454 e. The Kier molecular flexibility index (Phi) is 4.88. The van der Waals surface area contributed by atoms with Crippen molar-refractivity contribution < 1.29 is 14.3 Å². The van der Waals surface area contributed by atoms with Gasteiger partial charge in [0.1, 0.15) is 0 Å². The Morgan fingerprint density at radius 2 is 1.70 bits per heavy atom. The van der Waals surface area contributed by atoms with Crippen molar-refractivity contribution in [3.63, 3.8) is 0 Å². The van der Waals surface area contributed by atoms with E-state index in [2.05, 4.69) is 15.1 Å². The van der Waals surface area contributed by atoms with Crippen LogP contribution in [0.2, 0.25) is 5.02 Å². The molecule has 0 radical (unpaired) electrons. The quantitative estimate of drug-likeness (QED) is 0.643. The van der Waals surface area contributed by atoms with E-state index in [1.807, 2.05) is 41.3 Å². The third-order valence-electron chi connectivity index (χ3n) is 5.31. The number of amides is 1. The highest BCUT2D eigenvalue weighted by atomic mass is 35.5. The molecule has 0 saturated carbocycles. The Labute approximate surface area is 178 Å². The number of nitrogens with zero attached hydrogens (tertiary/aromatic N) is 4. The molecule has 3 aromatic rings. The van der Waals surface area contributed by atoms with Crippen LogP contribution in [-0.4, -0.2) is 54.0 Å². The number of hydrogen-bond donors (Lipinski definition) is 0. The number of carbonyl (C=O) groups excluding carboxylic acids is 1. The van der Waals surface area contributed by atoms with Crippen molar-refractivity contribution in [2.45, 2.75) is 0 Å². The van der Waals surface area contributed by atoms with Gasteiger partial charge in [-0.25, -0.2) is 0 Å². The summed E-state index contributed by atoms with van der Waals surface area (Å²) in [5.74, 6) is 2.08. The molecule has 2 aliphatic rings. The molecule has 30 heavy (non-hydrogen) atoms. The molecule has 3 heterocycles. The van der Waals surface area contributed by atoms with E-state index >= 15 is 0 Å². The summed E-state index contributed by atoms with van der Waals surface area (Å²) in [6, 6.07) is 16.7. The van der Waals surface area contributed by atoms with Gasteiger partial charge in [0.25, 0.3) is 5.91 Å². The summed E-state index contributed by atoms with van der Waals surface area (Å²) in [6.45, 7) is 2.80. The Balaban J connectivity index is 1.24. The summed E-state index contributed by atoms with van der Waals surface area (Å²) >= 11 is 6.24. The predicted molar refractivity (Wildman–Crippen MR) is 113 cm³/mol. The average Bonchev–Trinajstić information content (AvgIpc) is 3.27. The third kappa shape index (κ3) is 3.52.